The van der Waals surface area contributed by atoms with E-state index in [2.05, 4.69) is 40.7 Å². The van der Waals surface area contributed by atoms with Crippen molar-refractivity contribution in [3.05, 3.63) is 29.8 Å². The summed E-state index contributed by atoms with van der Waals surface area (Å²) in [4.78, 5) is 14.5. The quantitative estimate of drug-likeness (QED) is 0.791. The molecule has 2 N–H and O–H groups in total. The Morgan fingerprint density at radius 2 is 2.19 bits per heavy atom. The molecule has 0 spiro atoms. The van der Waals surface area contributed by atoms with Crippen LogP contribution in [0.15, 0.2) is 24.3 Å². The Morgan fingerprint density at radius 3 is 2.90 bits per heavy atom. The van der Waals surface area contributed by atoms with Crippen molar-refractivity contribution < 1.29 is 4.79 Å². The first kappa shape index (κ1) is 15.8. The largest absolute Gasteiger partial charge is 0.359 e. The maximum Gasteiger partial charge on any atom is 0.242 e. The second-order valence-electron chi connectivity index (χ2n) is 5.70. The smallest absolute Gasteiger partial charge is 0.242 e. The Labute approximate surface area is 127 Å². The van der Waals surface area contributed by atoms with Gasteiger partial charge in [-0.3, -0.25) is 4.79 Å². The number of fused-ring (bicyclic) bond motifs is 1. The van der Waals surface area contributed by atoms with E-state index in [1.165, 1.54) is 11.3 Å². The third-order valence-electron chi connectivity index (χ3n) is 4.31. The van der Waals surface area contributed by atoms with E-state index in [0.29, 0.717) is 6.04 Å². The van der Waals surface area contributed by atoms with Gasteiger partial charge in [0.1, 0.15) is 6.04 Å². The first-order chi connectivity index (χ1) is 10.2. The molecule has 21 heavy (non-hydrogen) atoms. The summed E-state index contributed by atoms with van der Waals surface area (Å²) in [6, 6.07) is 8.65. The summed E-state index contributed by atoms with van der Waals surface area (Å²) < 4.78 is 0. The van der Waals surface area contributed by atoms with Gasteiger partial charge in [-0.1, -0.05) is 31.5 Å². The van der Waals surface area contributed by atoms with E-state index in [1.54, 1.807) is 0 Å². The van der Waals surface area contributed by atoms with Crippen molar-refractivity contribution in [2.24, 2.45) is 0 Å². The Hall–Kier alpha value is -1.55. The molecule has 0 fully saturated rings. The van der Waals surface area contributed by atoms with Crippen LogP contribution in [0.3, 0.4) is 0 Å². The Kier molecular flexibility index (Phi) is 5.62. The molecule has 0 radical (unpaired) electrons. The molecule has 0 aliphatic carbocycles. The summed E-state index contributed by atoms with van der Waals surface area (Å²) in [6.45, 7) is 5.81. The Morgan fingerprint density at radius 1 is 1.43 bits per heavy atom. The van der Waals surface area contributed by atoms with Gasteiger partial charge in [0, 0.05) is 24.8 Å². The van der Waals surface area contributed by atoms with Gasteiger partial charge in [-0.05, 0) is 38.4 Å². The molecule has 1 aliphatic rings. The van der Waals surface area contributed by atoms with E-state index in [4.69, 9.17) is 0 Å². The predicted octanol–water partition coefficient (Wildman–Crippen LogP) is 2.46. The van der Waals surface area contributed by atoms with Crippen molar-refractivity contribution in [1.82, 2.24) is 10.6 Å². The van der Waals surface area contributed by atoms with Crippen LogP contribution in [0.5, 0.6) is 0 Å². The number of carbonyl (C=O) groups is 1. The molecule has 0 saturated heterocycles. The Bertz CT molecular complexity index is 475. The summed E-state index contributed by atoms with van der Waals surface area (Å²) in [7, 11) is 2.00. The third kappa shape index (κ3) is 3.56. The topological polar surface area (TPSA) is 44.4 Å². The minimum Gasteiger partial charge on any atom is -0.359 e. The van der Waals surface area contributed by atoms with E-state index in [9.17, 15) is 4.79 Å². The van der Waals surface area contributed by atoms with Crippen LogP contribution < -0.4 is 15.5 Å². The molecule has 0 aromatic heterocycles. The van der Waals surface area contributed by atoms with Gasteiger partial charge in [0.25, 0.3) is 0 Å². The van der Waals surface area contributed by atoms with Crippen LogP contribution in [0, 0.1) is 0 Å². The van der Waals surface area contributed by atoms with Crippen LogP contribution in [0.4, 0.5) is 5.69 Å². The minimum atomic E-state index is -0.124. The second-order valence-corrected chi connectivity index (χ2v) is 5.70. The van der Waals surface area contributed by atoms with Gasteiger partial charge >= 0.3 is 0 Å². The first-order valence-electron chi connectivity index (χ1n) is 7.99. The number of rotatable bonds is 6. The first-order valence-corrected chi connectivity index (χ1v) is 7.99. The number of unbranched alkanes of at least 4 members (excludes halogenated alkanes) is 1. The van der Waals surface area contributed by atoms with E-state index >= 15 is 0 Å². The maximum absolute atomic E-state index is 12.3. The molecule has 4 heteroatoms. The normalized spacial score (nSPS) is 19.0. The fourth-order valence-corrected chi connectivity index (χ4v) is 2.97. The molecule has 0 bridgehead atoms. The molecule has 2 atom stereocenters. The van der Waals surface area contributed by atoms with Gasteiger partial charge in [0.2, 0.25) is 5.91 Å². The van der Waals surface area contributed by atoms with Crippen LogP contribution in [0.2, 0.25) is 0 Å². The number of carbonyl (C=O) groups excluding carboxylic acids is 1. The zero-order valence-electron chi connectivity index (χ0n) is 13.4. The lowest BCUT2D eigenvalue weighted by atomic mass is 9.95. The molecule has 2 rings (SSSR count). The zero-order valence-corrected chi connectivity index (χ0v) is 13.4. The van der Waals surface area contributed by atoms with E-state index in [1.807, 2.05) is 20.0 Å². The standard InChI is InChI=1S/C17H27N3O/c1-4-5-11-19-17(21)13(2)20-12-10-15(18-3)14-8-6-7-9-16(14)20/h6-9,13,15,18H,4-5,10-12H2,1-3H3,(H,19,21). The number of para-hydroxylation sites is 1. The predicted molar refractivity (Wildman–Crippen MR) is 87.6 cm³/mol. The Balaban J connectivity index is 2.11. The molecular formula is C17H27N3O. The van der Waals surface area contributed by atoms with Gasteiger partial charge < -0.3 is 15.5 Å². The number of amides is 1. The second kappa shape index (κ2) is 7.46. The number of hydrogen-bond donors (Lipinski definition) is 2. The molecule has 1 heterocycles. The molecule has 116 valence electrons. The van der Waals surface area contributed by atoms with Crippen molar-refractivity contribution in [3.63, 3.8) is 0 Å². The highest BCUT2D eigenvalue weighted by Crippen LogP contribution is 2.34. The van der Waals surface area contributed by atoms with Crippen LogP contribution in [0.1, 0.15) is 44.7 Å². The van der Waals surface area contributed by atoms with Gasteiger partial charge in [-0.25, -0.2) is 0 Å². The van der Waals surface area contributed by atoms with E-state index < -0.39 is 0 Å². The molecule has 0 saturated carbocycles. The van der Waals surface area contributed by atoms with Crippen LogP contribution in [-0.4, -0.2) is 32.1 Å². The number of nitrogens with one attached hydrogen (secondary N) is 2. The number of anilines is 1. The van der Waals surface area contributed by atoms with Crippen molar-refractivity contribution in [1.29, 1.82) is 0 Å². The molecule has 1 amide bonds. The monoisotopic (exact) mass is 289 g/mol. The van der Waals surface area contributed by atoms with Crippen LogP contribution in [0.25, 0.3) is 0 Å². The molecule has 1 aromatic carbocycles. The van der Waals surface area contributed by atoms with Gasteiger partial charge in [0.05, 0.1) is 0 Å². The van der Waals surface area contributed by atoms with E-state index in [0.717, 1.165) is 32.4 Å². The fourth-order valence-electron chi connectivity index (χ4n) is 2.97. The molecule has 2 unspecified atom stereocenters. The highest BCUT2D eigenvalue weighted by Gasteiger charge is 2.29. The average Bonchev–Trinajstić information content (AvgIpc) is 2.53. The summed E-state index contributed by atoms with van der Waals surface area (Å²) in [5, 5.41) is 6.40. The molecule has 4 nitrogen and oxygen atoms in total. The van der Waals surface area contributed by atoms with Gasteiger partial charge in [-0.15, -0.1) is 0 Å². The van der Waals surface area contributed by atoms with Crippen molar-refractivity contribution in [2.75, 3.05) is 25.0 Å². The molecular weight excluding hydrogens is 262 g/mol. The summed E-state index contributed by atoms with van der Waals surface area (Å²) in [5.74, 6) is 0.126. The highest BCUT2D eigenvalue weighted by molar-refractivity contribution is 5.85. The lowest BCUT2D eigenvalue weighted by Gasteiger charge is -2.38. The molecule has 1 aliphatic heterocycles. The fraction of sp³-hybridized carbons (Fsp3) is 0.588. The summed E-state index contributed by atoms with van der Waals surface area (Å²) in [6.07, 6.45) is 3.17. The van der Waals surface area contributed by atoms with Crippen LogP contribution >= 0.6 is 0 Å². The maximum atomic E-state index is 12.3. The van der Waals surface area contributed by atoms with Crippen molar-refractivity contribution in [3.8, 4) is 0 Å². The third-order valence-corrected chi connectivity index (χ3v) is 4.31. The SMILES string of the molecule is CCCCNC(=O)C(C)N1CCC(NC)c2ccccc21. The van der Waals surface area contributed by atoms with Crippen LogP contribution in [-0.2, 0) is 4.79 Å². The number of nitrogens with zero attached hydrogens (tertiary/aromatic N) is 1. The van der Waals surface area contributed by atoms with Crippen molar-refractivity contribution >= 4 is 11.6 Å². The highest BCUT2D eigenvalue weighted by atomic mass is 16.2. The minimum absolute atomic E-state index is 0.124. The zero-order chi connectivity index (χ0) is 15.2. The number of hydrogen-bond acceptors (Lipinski definition) is 3. The molecule has 1 aromatic rings. The lowest BCUT2D eigenvalue weighted by Crippen LogP contribution is -2.48. The van der Waals surface area contributed by atoms with Crippen molar-refractivity contribution in [2.45, 2.75) is 45.2 Å². The van der Waals surface area contributed by atoms with Gasteiger partial charge in [-0.2, -0.15) is 0 Å². The summed E-state index contributed by atoms with van der Waals surface area (Å²) >= 11 is 0. The average molecular weight is 289 g/mol. The number of benzene rings is 1. The van der Waals surface area contributed by atoms with E-state index in [-0.39, 0.29) is 11.9 Å². The summed E-state index contributed by atoms with van der Waals surface area (Å²) in [5.41, 5.74) is 2.47. The lowest BCUT2D eigenvalue weighted by molar-refractivity contribution is -0.122. The van der Waals surface area contributed by atoms with Gasteiger partial charge in [0.15, 0.2) is 0 Å².